The molecule has 5 nitrogen and oxygen atoms in total. The minimum absolute atomic E-state index is 0. The zero-order valence-corrected chi connectivity index (χ0v) is 14.5. The Morgan fingerprint density at radius 1 is 1.36 bits per heavy atom. The third-order valence-corrected chi connectivity index (χ3v) is 4.23. The Hall–Kier alpha value is -0.660. The first-order valence-corrected chi connectivity index (χ1v) is 8.33. The van der Waals surface area contributed by atoms with Crippen molar-refractivity contribution < 1.29 is 9.53 Å². The average Bonchev–Trinajstić information content (AvgIpc) is 2.52. The highest BCUT2D eigenvalue weighted by atomic mass is 35.5. The molecule has 8 heteroatoms. The highest BCUT2D eigenvalue weighted by Crippen LogP contribution is 2.19. The van der Waals surface area contributed by atoms with Crippen LogP contribution in [-0.2, 0) is 4.74 Å². The van der Waals surface area contributed by atoms with E-state index in [2.05, 4.69) is 16.0 Å². The van der Waals surface area contributed by atoms with Gasteiger partial charge in [-0.05, 0) is 24.3 Å². The van der Waals surface area contributed by atoms with Gasteiger partial charge in [-0.25, -0.2) is 4.79 Å². The topological polar surface area (TPSA) is 62.4 Å². The minimum atomic E-state index is -0.152. The summed E-state index contributed by atoms with van der Waals surface area (Å²) < 4.78 is 5.50. The maximum absolute atomic E-state index is 11.6. The molecule has 0 spiro atoms. The molecule has 1 aromatic carbocycles. The monoisotopic (exact) mass is 365 g/mol. The molecule has 0 saturated carbocycles. The van der Waals surface area contributed by atoms with Crippen LogP contribution in [0.2, 0.25) is 5.02 Å². The summed E-state index contributed by atoms with van der Waals surface area (Å²) in [6.07, 6.45) is 0.0629. The minimum Gasteiger partial charge on any atom is -0.374 e. The van der Waals surface area contributed by atoms with Crippen molar-refractivity contribution in [2.75, 3.05) is 38.5 Å². The quantitative estimate of drug-likeness (QED) is 0.533. The SMILES string of the molecule is Cl.O=C(NCCSc1ccc(Cl)cc1)NCC1CNCCO1. The van der Waals surface area contributed by atoms with Crippen molar-refractivity contribution in [1.29, 1.82) is 0 Å². The molecule has 0 aromatic heterocycles. The Morgan fingerprint density at radius 3 is 2.82 bits per heavy atom. The van der Waals surface area contributed by atoms with E-state index >= 15 is 0 Å². The average molecular weight is 366 g/mol. The van der Waals surface area contributed by atoms with Gasteiger partial charge in [0.15, 0.2) is 0 Å². The molecule has 0 bridgehead atoms. The van der Waals surface area contributed by atoms with Crippen molar-refractivity contribution in [3.05, 3.63) is 29.3 Å². The molecule has 1 aliphatic rings. The van der Waals surface area contributed by atoms with E-state index in [1.807, 2.05) is 24.3 Å². The molecule has 124 valence electrons. The number of benzene rings is 1. The fourth-order valence-electron chi connectivity index (χ4n) is 1.88. The van der Waals surface area contributed by atoms with Crippen molar-refractivity contribution in [3.8, 4) is 0 Å². The maximum Gasteiger partial charge on any atom is 0.314 e. The Morgan fingerprint density at radius 2 is 2.14 bits per heavy atom. The van der Waals surface area contributed by atoms with E-state index in [0.717, 1.165) is 28.8 Å². The van der Waals surface area contributed by atoms with Gasteiger partial charge in [0.1, 0.15) is 0 Å². The molecule has 1 unspecified atom stereocenters. The lowest BCUT2D eigenvalue weighted by molar-refractivity contribution is 0.0307. The predicted octanol–water partition coefficient (Wildman–Crippen LogP) is 2.14. The molecule has 0 radical (unpaired) electrons. The second kappa shape index (κ2) is 11.0. The molecule has 1 aromatic rings. The molecule has 1 saturated heterocycles. The Balaban J connectivity index is 0.00000242. The number of rotatable bonds is 6. The van der Waals surface area contributed by atoms with E-state index in [0.29, 0.717) is 19.7 Å². The fourth-order valence-corrected chi connectivity index (χ4v) is 2.78. The van der Waals surface area contributed by atoms with Crippen LogP contribution in [-0.4, -0.2) is 50.7 Å². The second-order valence-electron chi connectivity index (χ2n) is 4.64. The van der Waals surface area contributed by atoms with Crippen LogP contribution in [0.3, 0.4) is 0 Å². The first-order valence-electron chi connectivity index (χ1n) is 6.96. The molecule has 1 fully saturated rings. The number of thioether (sulfide) groups is 1. The van der Waals surface area contributed by atoms with Gasteiger partial charge < -0.3 is 20.7 Å². The Bertz CT molecular complexity index is 442. The number of ether oxygens (including phenoxy) is 1. The molecule has 3 N–H and O–H groups in total. The largest absolute Gasteiger partial charge is 0.374 e. The van der Waals surface area contributed by atoms with Crippen LogP contribution in [0.15, 0.2) is 29.2 Å². The second-order valence-corrected chi connectivity index (χ2v) is 6.24. The number of urea groups is 1. The molecule has 2 amide bonds. The van der Waals surface area contributed by atoms with Gasteiger partial charge in [0.05, 0.1) is 12.7 Å². The van der Waals surface area contributed by atoms with Crippen molar-refractivity contribution in [2.45, 2.75) is 11.0 Å². The van der Waals surface area contributed by atoms with Gasteiger partial charge in [0.25, 0.3) is 0 Å². The van der Waals surface area contributed by atoms with E-state index in [1.165, 1.54) is 0 Å². The standard InChI is InChI=1S/C14H20ClN3O2S.ClH/c15-11-1-3-13(4-2-11)21-8-6-17-14(19)18-10-12-9-16-5-7-20-12;/h1-4,12,16H,5-10H2,(H2,17,18,19);1H. The summed E-state index contributed by atoms with van der Waals surface area (Å²) in [7, 11) is 0. The number of carbonyl (C=O) groups excluding carboxylic acids is 1. The van der Waals surface area contributed by atoms with Gasteiger partial charge in [-0.2, -0.15) is 0 Å². The molecule has 1 heterocycles. The lowest BCUT2D eigenvalue weighted by Gasteiger charge is -2.23. The predicted molar refractivity (Wildman–Crippen MR) is 93.4 cm³/mol. The molecule has 1 atom stereocenters. The number of halogens is 2. The van der Waals surface area contributed by atoms with Gasteiger partial charge in [-0.3, -0.25) is 0 Å². The van der Waals surface area contributed by atoms with Crippen LogP contribution in [0, 0.1) is 0 Å². The molecule has 1 aliphatic heterocycles. The molecule has 2 rings (SSSR count). The van der Waals surface area contributed by atoms with Crippen LogP contribution >= 0.6 is 35.8 Å². The summed E-state index contributed by atoms with van der Waals surface area (Å²) in [5.41, 5.74) is 0. The van der Waals surface area contributed by atoms with Crippen LogP contribution in [0.1, 0.15) is 0 Å². The van der Waals surface area contributed by atoms with Crippen LogP contribution in [0.4, 0.5) is 4.79 Å². The van der Waals surface area contributed by atoms with E-state index in [9.17, 15) is 4.79 Å². The zero-order chi connectivity index (χ0) is 14.9. The van der Waals surface area contributed by atoms with Gasteiger partial charge in [-0.15, -0.1) is 24.2 Å². The molecular formula is C14H21Cl2N3O2S. The number of amides is 2. The van der Waals surface area contributed by atoms with E-state index < -0.39 is 0 Å². The normalized spacial score (nSPS) is 17.4. The van der Waals surface area contributed by atoms with E-state index in [4.69, 9.17) is 16.3 Å². The number of nitrogens with one attached hydrogen (secondary N) is 3. The van der Waals surface area contributed by atoms with E-state index in [-0.39, 0.29) is 24.5 Å². The van der Waals surface area contributed by atoms with Gasteiger partial charge in [0.2, 0.25) is 0 Å². The molecule has 22 heavy (non-hydrogen) atoms. The highest BCUT2D eigenvalue weighted by Gasteiger charge is 2.13. The summed E-state index contributed by atoms with van der Waals surface area (Å²) in [4.78, 5) is 12.8. The third-order valence-electron chi connectivity index (χ3n) is 2.96. The molecule has 0 aliphatic carbocycles. The zero-order valence-electron chi connectivity index (χ0n) is 12.1. The summed E-state index contributed by atoms with van der Waals surface area (Å²) in [5, 5.41) is 9.60. The maximum atomic E-state index is 11.6. The first-order chi connectivity index (χ1) is 10.2. The van der Waals surface area contributed by atoms with Crippen LogP contribution < -0.4 is 16.0 Å². The first kappa shape index (κ1) is 19.4. The van der Waals surface area contributed by atoms with Gasteiger partial charge in [-0.1, -0.05) is 11.6 Å². The van der Waals surface area contributed by atoms with Crippen LogP contribution in [0.25, 0.3) is 0 Å². The van der Waals surface area contributed by atoms with Gasteiger partial charge in [0, 0.05) is 41.8 Å². The van der Waals surface area contributed by atoms with Crippen molar-refractivity contribution in [1.82, 2.24) is 16.0 Å². The summed E-state index contributed by atoms with van der Waals surface area (Å²) in [6, 6.07) is 7.52. The summed E-state index contributed by atoms with van der Waals surface area (Å²) in [6.45, 7) is 3.51. The van der Waals surface area contributed by atoms with Crippen LogP contribution in [0.5, 0.6) is 0 Å². The van der Waals surface area contributed by atoms with Crippen molar-refractivity contribution in [2.24, 2.45) is 0 Å². The molecular weight excluding hydrogens is 345 g/mol. The number of hydrogen-bond donors (Lipinski definition) is 3. The van der Waals surface area contributed by atoms with Crippen molar-refractivity contribution in [3.63, 3.8) is 0 Å². The highest BCUT2D eigenvalue weighted by molar-refractivity contribution is 7.99. The lowest BCUT2D eigenvalue weighted by Crippen LogP contribution is -2.47. The van der Waals surface area contributed by atoms with E-state index in [1.54, 1.807) is 11.8 Å². The number of morpholine rings is 1. The van der Waals surface area contributed by atoms with Gasteiger partial charge >= 0.3 is 6.03 Å². The lowest BCUT2D eigenvalue weighted by atomic mass is 10.3. The smallest absolute Gasteiger partial charge is 0.314 e. The fraction of sp³-hybridized carbons (Fsp3) is 0.500. The summed E-state index contributed by atoms with van der Waals surface area (Å²) >= 11 is 7.51. The summed E-state index contributed by atoms with van der Waals surface area (Å²) in [5.74, 6) is 0.816. The Labute approximate surface area is 146 Å². The van der Waals surface area contributed by atoms with Crippen molar-refractivity contribution >= 4 is 41.8 Å². The number of carbonyl (C=O) groups is 1. The third kappa shape index (κ3) is 7.56. The Kier molecular flexibility index (Phi) is 9.66. The number of hydrogen-bond acceptors (Lipinski definition) is 4.